The summed E-state index contributed by atoms with van der Waals surface area (Å²) < 4.78 is 0. The molecule has 2 atom stereocenters. The second kappa shape index (κ2) is 11.0. The molecule has 0 radical (unpaired) electrons. The molecule has 196 valence electrons. The number of hydrazine groups is 1. The van der Waals surface area contributed by atoms with Crippen molar-refractivity contribution in [1.29, 1.82) is 0 Å². The van der Waals surface area contributed by atoms with Crippen LogP contribution in [-0.2, 0) is 38.6 Å². The Hall–Kier alpha value is -4.90. The number of aromatic hydroxyl groups is 1. The van der Waals surface area contributed by atoms with E-state index in [2.05, 4.69) is 16.1 Å². The number of aliphatic carboxylic acids is 1. The van der Waals surface area contributed by atoms with Crippen molar-refractivity contribution >= 4 is 35.4 Å². The van der Waals surface area contributed by atoms with Crippen molar-refractivity contribution in [2.24, 2.45) is 5.73 Å². The van der Waals surface area contributed by atoms with E-state index in [0.29, 0.717) is 22.4 Å². The lowest BCUT2D eigenvalue weighted by atomic mass is 10.0. The first-order valence-electron chi connectivity index (χ1n) is 11.8. The van der Waals surface area contributed by atoms with E-state index in [1.54, 1.807) is 54.6 Å². The smallest absolute Gasteiger partial charge is 0.350 e. The molecule has 0 saturated heterocycles. The second-order valence-electron chi connectivity index (χ2n) is 8.85. The van der Waals surface area contributed by atoms with Crippen molar-refractivity contribution in [3.8, 4) is 5.75 Å². The molecule has 2 unspecified atom stereocenters. The van der Waals surface area contributed by atoms with Gasteiger partial charge in [-0.3, -0.25) is 19.8 Å². The van der Waals surface area contributed by atoms with Gasteiger partial charge >= 0.3 is 11.9 Å². The molecule has 0 fully saturated rings. The molecule has 7 N–H and O–H groups in total. The number of para-hydroxylation sites is 1. The van der Waals surface area contributed by atoms with Gasteiger partial charge < -0.3 is 26.6 Å². The molecule has 0 saturated carbocycles. The zero-order valence-electron chi connectivity index (χ0n) is 20.3. The molecular formula is C27H27N5O6. The van der Waals surface area contributed by atoms with Crippen LogP contribution in [0.3, 0.4) is 0 Å². The number of phenolic OH excluding ortho intramolecular Hbond substituents is 1. The third kappa shape index (κ3) is 5.42. The second-order valence-corrected chi connectivity index (χ2v) is 8.85. The first-order valence-corrected chi connectivity index (χ1v) is 11.8. The van der Waals surface area contributed by atoms with Crippen LogP contribution >= 0.6 is 0 Å². The van der Waals surface area contributed by atoms with Gasteiger partial charge in [-0.2, -0.15) is 0 Å². The van der Waals surface area contributed by atoms with E-state index in [-0.39, 0.29) is 37.1 Å². The van der Waals surface area contributed by atoms with Crippen LogP contribution in [0.1, 0.15) is 16.7 Å². The van der Waals surface area contributed by atoms with E-state index in [9.17, 15) is 29.4 Å². The number of hydrogen-bond acceptors (Lipinski definition) is 8. The van der Waals surface area contributed by atoms with Crippen molar-refractivity contribution in [2.75, 3.05) is 10.7 Å². The Labute approximate surface area is 218 Å². The van der Waals surface area contributed by atoms with Crippen molar-refractivity contribution in [3.63, 3.8) is 0 Å². The first-order chi connectivity index (χ1) is 18.3. The third-order valence-corrected chi connectivity index (χ3v) is 6.30. The van der Waals surface area contributed by atoms with E-state index in [1.807, 2.05) is 0 Å². The number of carbonyl (C=O) groups excluding carboxylic acids is 3. The number of carboxylic acid groups (broad SMARTS) is 1. The molecular weight excluding hydrogens is 490 g/mol. The number of nitrogens with one attached hydrogen (secondary N) is 3. The fourth-order valence-electron chi connectivity index (χ4n) is 4.37. The number of anilines is 2. The van der Waals surface area contributed by atoms with Gasteiger partial charge in [-0.25, -0.2) is 9.80 Å². The highest BCUT2D eigenvalue weighted by Gasteiger charge is 2.47. The SMILES string of the molecule is NCc1ccc(O)cc1NN(C(=O)C=O)C(Cc1ccccc1)C(=O)NC1(C(=O)O)Cc2ccccc2N1. The lowest BCUT2D eigenvalue weighted by molar-refractivity contribution is -0.148. The average Bonchev–Trinajstić information content (AvgIpc) is 3.30. The lowest BCUT2D eigenvalue weighted by Gasteiger charge is -2.34. The highest BCUT2D eigenvalue weighted by Crippen LogP contribution is 2.31. The van der Waals surface area contributed by atoms with Crippen LogP contribution in [0.15, 0.2) is 72.8 Å². The van der Waals surface area contributed by atoms with Gasteiger partial charge in [-0.05, 0) is 28.8 Å². The van der Waals surface area contributed by atoms with Crippen LogP contribution in [0.5, 0.6) is 5.75 Å². The normalized spacial score (nSPS) is 16.4. The number of benzene rings is 3. The molecule has 1 aliphatic heterocycles. The molecule has 1 aliphatic rings. The Morgan fingerprint density at radius 1 is 1.08 bits per heavy atom. The number of fused-ring (bicyclic) bond motifs is 1. The van der Waals surface area contributed by atoms with Crippen LogP contribution in [0.4, 0.5) is 11.4 Å². The van der Waals surface area contributed by atoms with Crippen LogP contribution in [0, 0.1) is 0 Å². The van der Waals surface area contributed by atoms with E-state index >= 15 is 0 Å². The maximum atomic E-state index is 13.8. The molecule has 11 heteroatoms. The molecule has 11 nitrogen and oxygen atoms in total. The summed E-state index contributed by atoms with van der Waals surface area (Å²) in [5.41, 5.74) is 9.29. The maximum Gasteiger partial charge on any atom is 0.350 e. The van der Waals surface area contributed by atoms with Gasteiger partial charge in [-0.1, -0.05) is 54.6 Å². The highest BCUT2D eigenvalue weighted by molar-refractivity contribution is 6.24. The Bertz CT molecular complexity index is 1340. The minimum absolute atomic E-state index is 0.0333. The fraction of sp³-hybridized carbons (Fsp3) is 0.185. The number of amides is 2. The zero-order valence-corrected chi connectivity index (χ0v) is 20.3. The largest absolute Gasteiger partial charge is 0.508 e. The van der Waals surface area contributed by atoms with Gasteiger partial charge in [0.05, 0.1) is 5.69 Å². The Morgan fingerprint density at radius 3 is 2.45 bits per heavy atom. The molecule has 0 aromatic heterocycles. The van der Waals surface area contributed by atoms with E-state index in [4.69, 9.17) is 5.73 Å². The molecule has 0 bridgehead atoms. The molecule has 38 heavy (non-hydrogen) atoms. The standard InChI is InChI=1S/C27H27N5O6/c28-15-19-10-11-20(34)13-22(19)31-32(24(35)16-33)23(12-17-6-2-1-3-7-17)25(36)30-27(26(37)38)14-18-8-4-5-9-21(18)29-27/h1-11,13,16,23,29,31,34H,12,14-15,28H2,(H,30,36)(H,37,38). The predicted octanol–water partition coefficient (Wildman–Crippen LogP) is 1.38. The molecule has 1 heterocycles. The van der Waals surface area contributed by atoms with Gasteiger partial charge in [0.15, 0.2) is 0 Å². The molecule has 0 spiro atoms. The molecule has 3 aromatic rings. The van der Waals surface area contributed by atoms with Gasteiger partial charge in [0.2, 0.25) is 17.9 Å². The third-order valence-electron chi connectivity index (χ3n) is 6.30. The summed E-state index contributed by atoms with van der Waals surface area (Å²) in [4.78, 5) is 50.7. The van der Waals surface area contributed by atoms with Crippen LogP contribution < -0.4 is 21.8 Å². The Morgan fingerprint density at radius 2 is 1.79 bits per heavy atom. The Balaban J connectivity index is 1.72. The molecule has 0 aliphatic carbocycles. The van der Waals surface area contributed by atoms with Crippen LogP contribution in [-0.4, -0.2) is 51.0 Å². The summed E-state index contributed by atoms with van der Waals surface area (Å²) in [6, 6.07) is 18.6. The molecule has 3 aromatic carbocycles. The minimum Gasteiger partial charge on any atom is -0.508 e. The van der Waals surface area contributed by atoms with Crippen molar-refractivity contribution in [1.82, 2.24) is 10.3 Å². The van der Waals surface area contributed by atoms with E-state index < -0.39 is 29.5 Å². The topological polar surface area (TPSA) is 174 Å². The van der Waals surface area contributed by atoms with Gasteiger partial charge in [0, 0.05) is 31.1 Å². The number of carboxylic acids is 1. The summed E-state index contributed by atoms with van der Waals surface area (Å²) in [6.45, 7) is 0.0333. The predicted molar refractivity (Wildman–Crippen MR) is 139 cm³/mol. The first kappa shape index (κ1) is 26.2. The highest BCUT2D eigenvalue weighted by atomic mass is 16.4. The van der Waals surface area contributed by atoms with E-state index in [1.165, 1.54) is 18.2 Å². The van der Waals surface area contributed by atoms with E-state index in [0.717, 1.165) is 5.01 Å². The molecule has 4 rings (SSSR count). The van der Waals surface area contributed by atoms with Crippen molar-refractivity contribution in [2.45, 2.75) is 31.1 Å². The zero-order chi connectivity index (χ0) is 27.3. The van der Waals surface area contributed by atoms with Crippen molar-refractivity contribution in [3.05, 3.63) is 89.5 Å². The average molecular weight is 518 g/mol. The number of phenols is 1. The van der Waals surface area contributed by atoms with Gasteiger partial charge in [0.1, 0.15) is 11.8 Å². The summed E-state index contributed by atoms with van der Waals surface area (Å²) in [5, 5.41) is 26.4. The van der Waals surface area contributed by atoms with Gasteiger partial charge in [-0.15, -0.1) is 0 Å². The van der Waals surface area contributed by atoms with Gasteiger partial charge in [0.25, 0.3) is 0 Å². The maximum absolute atomic E-state index is 13.8. The summed E-state index contributed by atoms with van der Waals surface area (Å²) in [7, 11) is 0. The quantitative estimate of drug-likeness (QED) is 0.132. The number of nitrogens with two attached hydrogens (primary N) is 1. The Kier molecular flexibility index (Phi) is 7.58. The molecule has 2 amide bonds. The summed E-state index contributed by atoms with van der Waals surface area (Å²) in [6.07, 6.45) is -0.0558. The number of nitrogens with zero attached hydrogens (tertiary/aromatic N) is 1. The minimum atomic E-state index is -1.88. The number of carbonyl (C=O) groups is 4. The fourth-order valence-corrected chi connectivity index (χ4v) is 4.37. The lowest BCUT2D eigenvalue weighted by Crippen LogP contribution is -2.64. The number of rotatable bonds is 10. The summed E-state index contributed by atoms with van der Waals surface area (Å²) in [5.74, 6) is -3.36. The van der Waals surface area contributed by atoms with Crippen molar-refractivity contribution < 1.29 is 29.4 Å². The monoisotopic (exact) mass is 517 g/mol. The number of hydrogen-bond donors (Lipinski definition) is 6. The van der Waals surface area contributed by atoms with Crippen LogP contribution in [0.2, 0.25) is 0 Å². The van der Waals surface area contributed by atoms with Crippen LogP contribution in [0.25, 0.3) is 0 Å². The number of aldehydes is 1. The summed E-state index contributed by atoms with van der Waals surface area (Å²) >= 11 is 0.